The molecular formula is C10H22N2O. The Bertz CT molecular complexity index is 134. The summed E-state index contributed by atoms with van der Waals surface area (Å²) < 4.78 is 5.85. The second kappa shape index (κ2) is 4.94. The maximum atomic E-state index is 5.85. The molecule has 0 unspecified atom stereocenters. The number of ether oxygens (including phenoxy) is 1. The van der Waals surface area contributed by atoms with Crippen LogP contribution < -0.4 is 5.73 Å². The molecule has 1 heterocycles. The van der Waals surface area contributed by atoms with Crippen LogP contribution in [0.3, 0.4) is 0 Å². The van der Waals surface area contributed by atoms with Crippen molar-refractivity contribution >= 4 is 0 Å². The molecule has 1 rings (SSSR count). The second-order valence-corrected chi connectivity index (χ2v) is 3.96. The Morgan fingerprint density at radius 1 is 1.38 bits per heavy atom. The molecule has 0 aliphatic carbocycles. The van der Waals surface area contributed by atoms with Gasteiger partial charge in [-0.25, -0.2) is 0 Å². The maximum absolute atomic E-state index is 5.85. The monoisotopic (exact) mass is 186 g/mol. The van der Waals surface area contributed by atoms with Crippen molar-refractivity contribution < 1.29 is 4.74 Å². The van der Waals surface area contributed by atoms with Gasteiger partial charge in [-0.1, -0.05) is 0 Å². The Labute approximate surface area is 81.2 Å². The molecule has 1 aliphatic heterocycles. The van der Waals surface area contributed by atoms with E-state index in [2.05, 4.69) is 18.9 Å². The van der Waals surface area contributed by atoms with Crippen LogP contribution in [0, 0.1) is 0 Å². The Morgan fingerprint density at radius 2 is 2.00 bits per heavy atom. The minimum absolute atomic E-state index is 0.0933. The van der Waals surface area contributed by atoms with Gasteiger partial charge < -0.3 is 15.4 Å². The minimum atomic E-state index is 0.0933. The number of nitrogens with two attached hydrogens (primary N) is 1. The molecule has 0 saturated carbocycles. The van der Waals surface area contributed by atoms with Gasteiger partial charge in [0.15, 0.2) is 0 Å². The Hall–Kier alpha value is -0.120. The van der Waals surface area contributed by atoms with Crippen molar-refractivity contribution in [2.75, 3.05) is 33.3 Å². The zero-order valence-corrected chi connectivity index (χ0v) is 8.88. The summed E-state index contributed by atoms with van der Waals surface area (Å²) >= 11 is 0. The van der Waals surface area contributed by atoms with Crippen molar-refractivity contribution in [1.82, 2.24) is 4.90 Å². The van der Waals surface area contributed by atoms with Crippen LogP contribution in [0.4, 0.5) is 0 Å². The number of nitrogens with zero attached hydrogens (tertiary/aromatic N) is 1. The highest BCUT2D eigenvalue weighted by molar-refractivity contribution is 4.87. The van der Waals surface area contributed by atoms with Crippen molar-refractivity contribution in [2.24, 2.45) is 5.73 Å². The lowest BCUT2D eigenvalue weighted by Crippen LogP contribution is -2.45. The van der Waals surface area contributed by atoms with Crippen molar-refractivity contribution in [3.8, 4) is 0 Å². The molecule has 0 aromatic rings. The number of piperidine rings is 1. The summed E-state index contributed by atoms with van der Waals surface area (Å²) in [4.78, 5) is 2.35. The fraction of sp³-hybridized carbons (Fsp3) is 1.00. The molecule has 0 aromatic heterocycles. The summed E-state index contributed by atoms with van der Waals surface area (Å²) in [6, 6.07) is 0. The highest BCUT2D eigenvalue weighted by Crippen LogP contribution is 2.28. The first-order chi connectivity index (χ1) is 6.22. The van der Waals surface area contributed by atoms with Crippen LogP contribution in [0.25, 0.3) is 0 Å². The standard InChI is InChI=1S/C10H22N2O/c1-3-13-10(4-7-11)5-8-12(2)9-6-10/h3-9,11H2,1-2H3. The van der Waals surface area contributed by atoms with E-state index in [0.717, 1.165) is 45.5 Å². The molecular weight excluding hydrogens is 164 g/mol. The fourth-order valence-corrected chi connectivity index (χ4v) is 2.06. The van der Waals surface area contributed by atoms with Crippen molar-refractivity contribution in [3.63, 3.8) is 0 Å². The Morgan fingerprint density at radius 3 is 2.46 bits per heavy atom. The molecule has 3 nitrogen and oxygen atoms in total. The lowest BCUT2D eigenvalue weighted by Gasteiger charge is -2.40. The summed E-state index contributed by atoms with van der Waals surface area (Å²) in [6.45, 7) is 5.89. The van der Waals surface area contributed by atoms with Gasteiger partial charge in [0.1, 0.15) is 0 Å². The molecule has 0 radical (unpaired) electrons. The SMILES string of the molecule is CCOC1(CCN)CCN(C)CC1. The quantitative estimate of drug-likeness (QED) is 0.707. The molecule has 2 N–H and O–H groups in total. The summed E-state index contributed by atoms with van der Waals surface area (Å²) in [5, 5.41) is 0. The van der Waals surface area contributed by atoms with E-state index in [4.69, 9.17) is 10.5 Å². The van der Waals surface area contributed by atoms with E-state index in [-0.39, 0.29) is 5.60 Å². The first kappa shape index (κ1) is 11.0. The van der Waals surface area contributed by atoms with Gasteiger partial charge in [-0.15, -0.1) is 0 Å². The van der Waals surface area contributed by atoms with Crippen molar-refractivity contribution in [2.45, 2.75) is 31.8 Å². The molecule has 3 heteroatoms. The number of likely N-dealkylation sites (tertiary alicyclic amines) is 1. The van der Waals surface area contributed by atoms with E-state index < -0.39 is 0 Å². The molecule has 0 bridgehead atoms. The van der Waals surface area contributed by atoms with Crippen LogP contribution in [0.15, 0.2) is 0 Å². The van der Waals surface area contributed by atoms with Crippen molar-refractivity contribution in [3.05, 3.63) is 0 Å². The Kier molecular flexibility index (Phi) is 4.16. The van der Waals surface area contributed by atoms with Gasteiger partial charge in [0.25, 0.3) is 0 Å². The van der Waals surface area contributed by atoms with Crippen LogP contribution in [0.1, 0.15) is 26.2 Å². The predicted octanol–water partition coefficient (Wildman–Crippen LogP) is 0.836. The molecule has 0 aromatic carbocycles. The summed E-state index contributed by atoms with van der Waals surface area (Å²) in [5.74, 6) is 0. The maximum Gasteiger partial charge on any atom is 0.0718 e. The highest BCUT2D eigenvalue weighted by atomic mass is 16.5. The molecule has 0 atom stereocenters. The first-order valence-corrected chi connectivity index (χ1v) is 5.25. The normalized spacial score (nSPS) is 23.3. The van der Waals surface area contributed by atoms with Crippen LogP contribution in [-0.2, 0) is 4.74 Å². The topological polar surface area (TPSA) is 38.5 Å². The summed E-state index contributed by atoms with van der Waals surface area (Å²) in [7, 11) is 2.16. The third-order valence-electron chi connectivity index (χ3n) is 2.95. The van der Waals surface area contributed by atoms with Gasteiger partial charge >= 0.3 is 0 Å². The van der Waals surface area contributed by atoms with E-state index >= 15 is 0 Å². The Balaban J connectivity index is 2.47. The molecule has 1 fully saturated rings. The van der Waals surface area contributed by atoms with Crippen molar-refractivity contribution in [1.29, 1.82) is 0 Å². The molecule has 0 amide bonds. The summed E-state index contributed by atoms with van der Waals surface area (Å²) in [5.41, 5.74) is 5.71. The number of rotatable bonds is 4. The molecule has 1 aliphatic rings. The lowest BCUT2D eigenvalue weighted by atomic mass is 9.88. The second-order valence-electron chi connectivity index (χ2n) is 3.96. The van der Waals surface area contributed by atoms with Gasteiger partial charge in [0.2, 0.25) is 0 Å². The zero-order chi connectivity index (χ0) is 9.73. The highest BCUT2D eigenvalue weighted by Gasteiger charge is 2.33. The minimum Gasteiger partial charge on any atom is -0.375 e. The van der Waals surface area contributed by atoms with E-state index in [1.165, 1.54) is 0 Å². The van der Waals surface area contributed by atoms with E-state index in [1.807, 2.05) is 0 Å². The average molecular weight is 186 g/mol. The largest absolute Gasteiger partial charge is 0.375 e. The van der Waals surface area contributed by atoms with Gasteiger partial charge in [-0.2, -0.15) is 0 Å². The smallest absolute Gasteiger partial charge is 0.0718 e. The molecule has 0 spiro atoms. The molecule has 13 heavy (non-hydrogen) atoms. The first-order valence-electron chi connectivity index (χ1n) is 5.25. The summed E-state index contributed by atoms with van der Waals surface area (Å²) in [6.07, 6.45) is 3.28. The fourth-order valence-electron chi connectivity index (χ4n) is 2.06. The van der Waals surface area contributed by atoms with E-state index in [1.54, 1.807) is 0 Å². The van der Waals surface area contributed by atoms with Gasteiger partial charge in [-0.3, -0.25) is 0 Å². The lowest BCUT2D eigenvalue weighted by molar-refractivity contribution is -0.0796. The zero-order valence-electron chi connectivity index (χ0n) is 8.88. The van der Waals surface area contributed by atoms with Gasteiger partial charge in [0.05, 0.1) is 5.60 Å². The average Bonchev–Trinajstić information content (AvgIpc) is 2.11. The predicted molar refractivity (Wildman–Crippen MR) is 54.8 cm³/mol. The van der Waals surface area contributed by atoms with Crippen LogP contribution in [-0.4, -0.2) is 43.8 Å². The number of hydrogen-bond acceptors (Lipinski definition) is 3. The van der Waals surface area contributed by atoms with Gasteiger partial charge in [0, 0.05) is 19.7 Å². The van der Waals surface area contributed by atoms with Crippen LogP contribution in [0.2, 0.25) is 0 Å². The van der Waals surface area contributed by atoms with Gasteiger partial charge in [-0.05, 0) is 39.8 Å². The van der Waals surface area contributed by atoms with Crippen LogP contribution in [0.5, 0.6) is 0 Å². The third-order valence-corrected chi connectivity index (χ3v) is 2.95. The van der Waals surface area contributed by atoms with Crippen LogP contribution >= 0.6 is 0 Å². The van der Waals surface area contributed by atoms with E-state index in [9.17, 15) is 0 Å². The molecule has 78 valence electrons. The molecule has 1 saturated heterocycles. The third kappa shape index (κ3) is 2.93. The van der Waals surface area contributed by atoms with E-state index in [0.29, 0.717) is 0 Å². The number of hydrogen-bond donors (Lipinski definition) is 1.